The predicted molar refractivity (Wildman–Crippen MR) is 126 cm³/mol. The van der Waals surface area contributed by atoms with Crippen molar-refractivity contribution in [3.8, 4) is 0 Å². The summed E-state index contributed by atoms with van der Waals surface area (Å²) in [6, 6.07) is 0. The average Bonchev–Trinajstić information content (AvgIpc) is 3.16. The van der Waals surface area contributed by atoms with Crippen molar-refractivity contribution in [2.24, 2.45) is 23.2 Å². The summed E-state index contributed by atoms with van der Waals surface area (Å²) < 4.78 is 7.04. The summed E-state index contributed by atoms with van der Waals surface area (Å²) in [5, 5.41) is 12.8. The van der Waals surface area contributed by atoms with Crippen molar-refractivity contribution >= 4 is 34.5 Å². The molecule has 4 fully saturated rings. The van der Waals surface area contributed by atoms with Gasteiger partial charge in [-0.1, -0.05) is 18.7 Å². The summed E-state index contributed by atoms with van der Waals surface area (Å²) in [5.41, 5.74) is 0.701. The van der Waals surface area contributed by atoms with Crippen LogP contribution < -0.4 is 10.6 Å². The molecule has 0 radical (unpaired) electrons. The van der Waals surface area contributed by atoms with Crippen LogP contribution in [0.1, 0.15) is 45.4 Å². The second kappa shape index (κ2) is 9.17. The topological polar surface area (TPSA) is 94.0 Å². The van der Waals surface area contributed by atoms with E-state index in [-0.39, 0.29) is 11.3 Å². The fourth-order valence-corrected chi connectivity index (χ4v) is 7.12. The van der Waals surface area contributed by atoms with E-state index in [9.17, 15) is 4.79 Å². The lowest BCUT2D eigenvalue weighted by molar-refractivity contribution is -0.146. The number of nitrogens with one attached hydrogen (secondary N) is 2. The number of fused-ring (bicyclic) bond motifs is 1. The zero-order valence-corrected chi connectivity index (χ0v) is 19.9. The van der Waals surface area contributed by atoms with Gasteiger partial charge >= 0.3 is 0 Å². The van der Waals surface area contributed by atoms with Gasteiger partial charge in [-0.25, -0.2) is 14.6 Å². The van der Waals surface area contributed by atoms with Crippen LogP contribution in [0.3, 0.4) is 0 Å². The Morgan fingerprint density at radius 3 is 2.56 bits per heavy atom. The van der Waals surface area contributed by atoms with Crippen LogP contribution >= 0.6 is 11.8 Å². The van der Waals surface area contributed by atoms with Gasteiger partial charge in [0.05, 0.1) is 24.7 Å². The van der Waals surface area contributed by atoms with Crippen molar-refractivity contribution in [2.75, 3.05) is 37.9 Å². The van der Waals surface area contributed by atoms with E-state index in [1.54, 1.807) is 18.9 Å². The Labute approximate surface area is 193 Å². The molecular weight excluding hydrogens is 424 g/mol. The molecule has 9 heteroatoms. The minimum atomic E-state index is -0.105. The molecule has 2 heterocycles. The number of hydrogen-bond donors (Lipinski definition) is 2. The maximum Gasteiger partial charge on any atom is 0.226 e. The van der Waals surface area contributed by atoms with Crippen LogP contribution in [-0.2, 0) is 16.1 Å². The Hall–Kier alpha value is -1.87. The highest BCUT2D eigenvalue weighted by Gasteiger charge is 2.54. The number of ether oxygens (including phenoxy) is 1. The molecule has 0 saturated heterocycles. The van der Waals surface area contributed by atoms with E-state index in [4.69, 9.17) is 9.72 Å². The van der Waals surface area contributed by atoms with Gasteiger partial charge in [-0.3, -0.25) is 4.79 Å². The number of nitrogens with zero attached hydrogens (tertiary/aromatic N) is 4. The van der Waals surface area contributed by atoms with Crippen LogP contribution in [-0.4, -0.2) is 58.2 Å². The van der Waals surface area contributed by atoms with Crippen molar-refractivity contribution in [3.63, 3.8) is 0 Å². The zero-order valence-electron chi connectivity index (χ0n) is 19.1. The van der Waals surface area contributed by atoms with Crippen LogP contribution in [0.4, 0.5) is 5.82 Å². The van der Waals surface area contributed by atoms with Gasteiger partial charge in [0.1, 0.15) is 5.82 Å². The molecule has 4 aliphatic rings. The Kier molecular flexibility index (Phi) is 6.29. The molecule has 2 N–H and O–H groups in total. The van der Waals surface area contributed by atoms with Crippen LogP contribution in [0, 0.1) is 23.2 Å². The molecule has 0 spiro atoms. The molecule has 4 aliphatic carbocycles. The summed E-state index contributed by atoms with van der Waals surface area (Å²) in [6.45, 7) is 4.54. The molecule has 0 unspecified atom stereocenters. The van der Waals surface area contributed by atoms with Crippen molar-refractivity contribution in [1.29, 1.82) is 0 Å². The second-order valence-electron chi connectivity index (χ2n) is 9.77. The highest BCUT2D eigenvalue weighted by molar-refractivity contribution is 7.99. The quantitative estimate of drug-likeness (QED) is 0.320. The zero-order chi connectivity index (χ0) is 22.1. The number of amides is 1. The third-order valence-corrected chi connectivity index (χ3v) is 8.21. The largest absolute Gasteiger partial charge is 0.383 e. The molecule has 0 atom stereocenters. The molecule has 174 valence electrons. The fourth-order valence-electron chi connectivity index (χ4n) is 6.55. The number of carbonyl (C=O) groups is 1. The van der Waals surface area contributed by atoms with Gasteiger partial charge in [-0.2, -0.15) is 5.10 Å². The lowest BCUT2D eigenvalue weighted by Gasteiger charge is -2.55. The molecule has 6 rings (SSSR count). The van der Waals surface area contributed by atoms with Crippen molar-refractivity contribution in [3.05, 3.63) is 6.20 Å². The third kappa shape index (κ3) is 4.21. The fraction of sp³-hybridized carbons (Fsp3) is 0.739. The van der Waals surface area contributed by atoms with Crippen LogP contribution in [0.25, 0.3) is 11.0 Å². The van der Waals surface area contributed by atoms with E-state index in [1.807, 2.05) is 10.9 Å². The van der Waals surface area contributed by atoms with E-state index in [0.717, 1.165) is 64.8 Å². The number of rotatable bonds is 10. The molecule has 4 bridgehead atoms. The normalized spacial score (nSPS) is 28.4. The van der Waals surface area contributed by atoms with Crippen molar-refractivity contribution in [1.82, 2.24) is 25.1 Å². The van der Waals surface area contributed by atoms with Crippen LogP contribution in [0.15, 0.2) is 11.4 Å². The molecule has 2 aromatic heterocycles. The number of anilines is 1. The minimum absolute atomic E-state index is 0.105. The van der Waals surface area contributed by atoms with Crippen LogP contribution in [0.5, 0.6) is 0 Å². The lowest BCUT2D eigenvalue weighted by atomic mass is 9.49. The molecule has 4 saturated carbocycles. The smallest absolute Gasteiger partial charge is 0.226 e. The molecular formula is C23H34N6O2S. The Bertz CT molecular complexity index is 942. The molecule has 0 aliphatic heterocycles. The third-order valence-electron chi connectivity index (χ3n) is 7.48. The number of methoxy groups -OCH3 is 1. The number of aromatic nitrogens is 4. The molecule has 1 amide bonds. The predicted octanol–water partition coefficient (Wildman–Crippen LogP) is 3.33. The van der Waals surface area contributed by atoms with Gasteiger partial charge < -0.3 is 15.4 Å². The van der Waals surface area contributed by atoms with Crippen LogP contribution in [0.2, 0.25) is 0 Å². The van der Waals surface area contributed by atoms with Gasteiger partial charge in [0.15, 0.2) is 10.8 Å². The summed E-state index contributed by atoms with van der Waals surface area (Å²) in [4.78, 5) is 22.6. The van der Waals surface area contributed by atoms with Gasteiger partial charge in [0.25, 0.3) is 0 Å². The van der Waals surface area contributed by atoms with Gasteiger partial charge in [-0.05, 0) is 62.0 Å². The van der Waals surface area contributed by atoms with E-state index in [0.29, 0.717) is 26.2 Å². The first kappa shape index (κ1) is 21.9. The molecule has 2 aromatic rings. The average molecular weight is 459 g/mol. The van der Waals surface area contributed by atoms with E-state index >= 15 is 0 Å². The minimum Gasteiger partial charge on any atom is -0.383 e. The Morgan fingerprint density at radius 1 is 1.19 bits per heavy atom. The lowest BCUT2D eigenvalue weighted by Crippen LogP contribution is -2.53. The summed E-state index contributed by atoms with van der Waals surface area (Å²) >= 11 is 1.61. The van der Waals surface area contributed by atoms with Gasteiger partial charge in [0.2, 0.25) is 5.91 Å². The summed E-state index contributed by atoms with van der Waals surface area (Å²) in [7, 11) is 1.69. The van der Waals surface area contributed by atoms with Gasteiger partial charge in [-0.15, -0.1) is 0 Å². The number of thioether (sulfide) groups is 1. The van der Waals surface area contributed by atoms with Crippen molar-refractivity contribution in [2.45, 2.75) is 57.1 Å². The number of carbonyl (C=O) groups excluding carboxylic acids is 1. The van der Waals surface area contributed by atoms with E-state index < -0.39 is 0 Å². The standard InChI is InChI=1S/C23H34N6O2S/c1-3-32-22-27-19(24-5-7-31-2)18-14-26-29(20(18)28-22)6-4-25-21(30)23-11-15-8-16(12-23)10-17(9-15)13-23/h14-17H,3-13H2,1-2H3,(H,25,30)(H,24,27,28). The SMILES string of the molecule is CCSc1nc(NCCOC)c2cnn(CCNC(=O)C34CC5CC(CC(C5)C3)C4)c2n1. The molecule has 0 aromatic carbocycles. The Balaban J connectivity index is 1.26. The summed E-state index contributed by atoms with van der Waals surface area (Å²) in [5.74, 6) is 4.28. The first-order valence-electron chi connectivity index (χ1n) is 12.0. The first-order chi connectivity index (χ1) is 15.6. The van der Waals surface area contributed by atoms with E-state index in [2.05, 4.69) is 27.6 Å². The first-order valence-corrected chi connectivity index (χ1v) is 13.0. The Morgan fingerprint density at radius 2 is 1.91 bits per heavy atom. The second-order valence-corrected chi connectivity index (χ2v) is 11.0. The number of hydrogen-bond acceptors (Lipinski definition) is 7. The monoisotopic (exact) mass is 458 g/mol. The molecule has 32 heavy (non-hydrogen) atoms. The van der Waals surface area contributed by atoms with Gasteiger partial charge in [0, 0.05) is 25.6 Å². The van der Waals surface area contributed by atoms with Crippen molar-refractivity contribution < 1.29 is 9.53 Å². The molecule has 8 nitrogen and oxygen atoms in total. The highest BCUT2D eigenvalue weighted by atomic mass is 32.2. The van der Waals surface area contributed by atoms with E-state index in [1.165, 1.54) is 19.3 Å². The summed E-state index contributed by atoms with van der Waals surface area (Å²) in [6.07, 6.45) is 9.15. The maximum atomic E-state index is 13.2. The maximum absolute atomic E-state index is 13.2. The highest BCUT2D eigenvalue weighted by Crippen LogP contribution is 2.60.